The van der Waals surface area contributed by atoms with E-state index in [1.165, 1.54) is 12.1 Å². The summed E-state index contributed by atoms with van der Waals surface area (Å²) in [6.07, 6.45) is 5.38. The lowest BCUT2D eigenvalue weighted by atomic mass is 10.1. The molecule has 3 heterocycles. The highest BCUT2D eigenvalue weighted by Crippen LogP contribution is 2.35. The summed E-state index contributed by atoms with van der Waals surface area (Å²) in [4.78, 5) is 15.0. The van der Waals surface area contributed by atoms with Crippen molar-refractivity contribution < 1.29 is 13.7 Å². The number of nitrogens with zero attached hydrogens (tertiary/aromatic N) is 4. The first-order chi connectivity index (χ1) is 13.5. The van der Waals surface area contributed by atoms with Crippen LogP contribution in [-0.4, -0.2) is 32.3 Å². The molecule has 28 heavy (non-hydrogen) atoms. The van der Waals surface area contributed by atoms with E-state index in [-0.39, 0.29) is 23.5 Å². The van der Waals surface area contributed by atoms with Gasteiger partial charge in [-0.05, 0) is 37.1 Å². The van der Waals surface area contributed by atoms with Crippen molar-refractivity contribution in [2.75, 3.05) is 6.54 Å². The Hall–Kier alpha value is -2.67. The number of likely N-dealkylation sites (tertiary alicyclic amines) is 1. The van der Waals surface area contributed by atoms with Gasteiger partial charge in [-0.1, -0.05) is 29.6 Å². The zero-order valence-electron chi connectivity index (χ0n) is 15.4. The summed E-state index contributed by atoms with van der Waals surface area (Å²) < 4.78 is 20.2. The van der Waals surface area contributed by atoms with E-state index in [1.807, 2.05) is 7.05 Å². The standard InChI is InChI=1S/C20H20ClFN4O2/c1-25-19(15(21)12-23-25)17-5-3-2-4-10-26(17)20(27)18-11-16(24-28-18)13-6-8-14(22)9-7-13/h6-9,11-12,17H,2-5,10H2,1H3. The van der Waals surface area contributed by atoms with E-state index in [2.05, 4.69) is 10.3 Å². The minimum atomic E-state index is -0.330. The molecule has 0 N–H and O–H groups in total. The number of halogens is 2. The molecule has 0 saturated carbocycles. The molecule has 146 valence electrons. The van der Waals surface area contributed by atoms with E-state index < -0.39 is 0 Å². The van der Waals surface area contributed by atoms with Gasteiger partial charge in [-0.25, -0.2) is 4.39 Å². The van der Waals surface area contributed by atoms with Crippen molar-refractivity contribution >= 4 is 17.5 Å². The van der Waals surface area contributed by atoms with Crippen molar-refractivity contribution in [3.63, 3.8) is 0 Å². The predicted molar refractivity (Wildman–Crippen MR) is 102 cm³/mol. The van der Waals surface area contributed by atoms with E-state index in [4.69, 9.17) is 16.1 Å². The second-order valence-electron chi connectivity index (χ2n) is 6.95. The number of amides is 1. The normalized spacial score (nSPS) is 17.5. The maximum atomic E-state index is 13.2. The number of carbonyl (C=O) groups is 1. The zero-order valence-corrected chi connectivity index (χ0v) is 16.2. The summed E-state index contributed by atoms with van der Waals surface area (Å²) in [5.74, 6) is -0.404. The van der Waals surface area contributed by atoms with Gasteiger partial charge in [0.15, 0.2) is 0 Å². The zero-order chi connectivity index (χ0) is 19.7. The van der Waals surface area contributed by atoms with Crippen molar-refractivity contribution in [3.8, 4) is 11.3 Å². The van der Waals surface area contributed by atoms with Crippen LogP contribution in [0.3, 0.4) is 0 Å². The van der Waals surface area contributed by atoms with Crippen LogP contribution in [0, 0.1) is 5.82 Å². The summed E-state index contributed by atoms with van der Waals surface area (Å²) in [5, 5.41) is 8.76. The highest BCUT2D eigenvalue weighted by Gasteiger charge is 2.33. The molecule has 6 nitrogen and oxygen atoms in total. The summed E-state index contributed by atoms with van der Waals surface area (Å²) in [5.41, 5.74) is 2.01. The first kappa shape index (κ1) is 18.7. The van der Waals surface area contributed by atoms with Crippen molar-refractivity contribution in [1.29, 1.82) is 0 Å². The number of aromatic nitrogens is 3. The molecule has 1 aliphatic heterocycles. The van der Waals surface area contributed by atoms with Gasteiger partial charge in [-0.15, -0.1) is 0 Å². The molecule has 0 spiro atoms. The van der Waals surface area contributed by atoms with Gasteiger partial charge in [-0.3, -0.25) is 9.48 Å². The van der Waals surface area contributed by atoms with E-state index in [0.29, 0.717) is 22.8 Å². The van der Waals surface area contributed by atoms with Crippen LogP contribution in [0.25, 0.3) is 11.3 Å². The Kier molecular flexibility index (Phi) is 5.17. The molecule has 1 atom stereocenters. The number of carbonyl (C=O) groups excluding carboxylic acids is 1. The molecule has 0 bridgehead atoms. The van der Waals surface area contributed by atoms with Crippen molar-refractivity contribution in [1.82, 2.24) is 19.8 Å². The summed E-state index contributed by atoms with van der Waals surface area (Å²) >= 11 is 6.36. The molecular formula is C20H20ClFN4O2. The third kappa shape index (κ3) is 3.54. The molecule has 0 aliphatic carbocycles. The van der Waals surface area contributed by atoms with Crippen LogP contribution in [0.15, 0.2) is 41.1 Å². The number of hydrogen-bond acceptors (Lipinski definition) is 4. The van der Waals surface area contributed by atoms with Gasteiger partial charge in [0.2, 0.25) is 5.76 Å². The van der Waals surface area contributed by atoms with Crippen molar-refractivity contribution in [2.45, 2.75) is 31.7 Å². The van der Waals surface area contributed by atoms with E-state index in [0.717, 1.165) is 31.4 Å². The van der Waals surface area contributed by atoms with Gasteiger partial charge in [0.1, 0.15) is 11.5 Å². The van der Waals surface area contributed by atoms with E-state index in [9.17, 15) is 9.18 Å². The lowest BCUT2D eigenvalue weighted by molar-refractivity contribution is 0.0631. The third-order valence-electron chi connectivity index (χ3n) is 5.13. The maximum Gasteiger partial charge on any atom is 0.293 e. The molecule has 1 aromatic carbocycles. The Morgan fingerprint density at radius 1 is 1.25 bits per heavy atom. The van der Waals surface area contributed by atoms with Gasteiger partial charge >= 0.3 is 0 Å². The second-order valence-corrected chi connectivity index (χ2v) is 7.36. The first-order valence-corrected chi connectivity index (χ1v) is 9.63. The topological polar surface area (TPSA) is 64.2 Å². The lowest BCUT2D eigenvalue weighted by Crippen LogP contribution is -2.35. The smallest absolute Gasteiger partial charge is 0.293 e. The van der Waals surface area contributed by atoms with Crippen LogP contribution in [0.4, 0.5) is 4.39 Å². The SMILES string of the molecule is Cn1ncc(Cl)c1C1CCCCCN1C(=O)c1cc(-c2ccc(F)cc2)no1. The lowest BCUT2D eigenvalue weighted by Gasteiger charge is -2.29. The molecule has 3 aromatic rings. The summed E-state index contributed by atoms with van der Waals surface area (Å²) in [6.45, 7) is 0.609. The van der Waals surface area contributed by atoms with Crippen LogP contribution in [0.1, 0.15) is 48.0 Å². The van der Waals surface area contributed by atoms with Gasteiger partial charge in [0.25, 0.3) is 5.91 Å². The molecular weight excluding hydrogens is 383 g/mol. The average Bonchev–Trinajstić information content (AvgIpc) is 3.22. The van der Waals surface area contributed by atoms with Gasteiger partial charge in [0, 0.05) is 25.2 Å². The molecule has 1 unspecified atom stereocenters. The Morgan fingerprint density at radius 3 is 2.75 bits per heavy atom. The molecule has 4 rings (SSSR count). The fourth-order valence-corrected chi connectivity index (χ4v) is 4.00. The van der Waals surface area contributed by atoms with Crippen LogP contribution in [0.2, 0.25) is 5.02 Å². The monoisotopic (exact) mass is 402 g/mol. The molecule has 0 radical (unpaired) electrons. The van der Waals surface area contributed by atoms with Gasteiger partial charge in [0.05, 0.1) is 23.0 Å². The largest absolute Gasteiger partial charge is 0.350 e. The van der Waals surface area contributed by atoms with Crippen molar-refractivity contribution in [3.05, 3.63) is 58.8 Å². The maximum absolute atomic E-state index is 13.2. The molecule has 2 aromatic heterocycles. The molecule has 1 aliphatic rings. The first-order valence-electron chi connectivity index (χ1n) is 9.25. The highest BCUT2D eigenvalue weighted by atomic mass is 35.5. The summed E-state index contributed by atoms with van der Waals surface area (Å²) in [7, 11) is 1.83. The predicted octanol–water partition coefficient (Wildman–Crippen LogP) is 4.63. The fraction of sp³-hybridized carbons (Fsp3) is 0.350. The van der Waals surface area contributed by atoms with Crippen molar-refractivity contribution in [2.24, 2.45) is 7.05 Å². The fourth-order valence-electron chi connectivity index (χ4n) is 3.70. The number of aryl methyl sites for hydroxylation is 1. The minimum absolute atomic E-state index is 0.157. The Labute approximate surface area is 166 Å². The van der Waals surface area contributed by atoms with Gasteiger partial charge in [-0.2, -0.15) is 5.10 Å². The third-order valence-corrected chi connectivity index (χ3v) is 5.42. The van der Waals surface area contributed by atoms with E-state index in [1.54, 1.807) is 34.0 Å². The number of benzene rings is 1. The Balaban J connectivity index is 1.64. The van der Waals surface area contributed by atoms with Crippen LogP contribution in [-0.2, 0) is 7.05 Å². The molecule has 1 fully saturated rings. The Bertz CT molecular complexity index is 963. The van der Waals surface area contributed by atoms with Crippen LogP contribution >= 0.6 is 11.6 Å². The quantitative estimate of drug-likeness (QED) is 0.641. The van der Waals surface area contributed by atoms with Gasteiger partial charge < -0.3 is 9.42 Å². The molecule has 1 amide bonds. The number of rotatable bonds is 3. The average molecular weight is 403 g/mol. The van der Waals surface area contributed by atoms with E-state index >= 15 is 0 Å². The van der Waals surface area contributed by atoms with Crippen LogP contribution in [0.5, 0.6) is 0 Å². The van der Waals surface area contributed by atoms with Crippen LogP contribution < -0.4 is 0 Å². The Morgan fingerprint density at radius 2 is 2.04 bits per heavy atom. The second kappa shape index (κ2) is 7.75. The number of hydrogen-bond donors (Lipinski definition) is 0. The highest BCUT2D eigenvalue weighted by molar-refractivity contribution is 6.31. The summed E-state index contributed by atoms with van der Waals surface area (Å²) in [6, 6.07) is 7.33. The molecule has 1 saturated heterocycles. The minimum Gasteiger partial charge on any atom is -0.350 e. The molecule has 8 heteroatoms.